The summed E-state index contributed by atoms with van der Waals surface area (Å²) in [5.41, 5.74) is 2.49. The van der Waals surface area contributed by atoms with Crippen molar-refractivity contribution in [3.63, 3.8) is 0 Å². The zero-order chi connectivity index (χ0) is 13.4. The van der Waals surface area contributed by atoms with Crippen molar-refractivity contribution in [3.8, 4) is 0 Å². The molecule has 1 aliphatic heterocycles. The van der Waals surface area contributed by atoms with E-state index in [1.165, 1.54) is 54.9 Å². The Morgan fingerprint density at radius 3 is 2.42 bits per heavy atom. The first-order valence-corrected chi connectivity index (χ1v) is 8.15. The van der Waals surface area contributed by atoms with E-state index in [-0.39, 0.29) is 0 Å². The third-order valence-electron chi connectivity index (χ3n) is 4.35. The molecular formula is C14H23BrN4. The van der Waals surface area contributed by atoms with Gasteiger partial charge in [-0.1, -0.05) is 6.92 Å². The topological polar surface area (TPSA) is 24.3 Å². The fraction of sp³-hybridized carbons (Fsp3) is 0.786. The molecule has 0 amide bonds. The summed E-state index contributed by atoms with van der Waals surface area (Å²) in [4.78, 5) is 5.21. The van der Waals surface area contributed by atoms with Crippen LogP contribution in [0.3, 0.4) is 0 Å². The van der Waals surface area contributed by atoms with Crippen molar-refractivity contribution in [2.24, 2.45) is 7.05 Å². The van der Waals surface area contributed by atoms with Crippen LogP contribution in [0.2, 0.25) is 0 Å². The lowest BCUT2D eigenvalue weighted by Crippen LogP contribution is -2.46. The van der Waals surface area contributed by atoms with Crippen molar-refractivity contribution in [1.29, 1.82) is 0 Å². The molecule has 2 aliphatic rings. The third kappa shape index (κ3) is 2.88. The van der Waals surface area contributed by atoms with Gasteiger partial charge in [0.05, 0.1) is 15.9 Å². The van der Waals surface area contributed by atoms with Crippen molar-refractivity contribution >= 4 is 15.9 Å². The van der Waals surface area contributed by atoms with E-state index in [0.717, 1.165) is 19.0 Å². The molecule has 1 saturated heterocycles. The Morgan fingerprint density at radius 1 is 1.21 bits per heavy atom. The molecule has 0 radical (unpaired) electrons. The SMILES string of the molecule is CCc1nn(C)c(CN2CCN(C3CC3)CC2)c1Br. The zero-order valence-corrected chi connectivity index (χ0v) is 13.5. The molecular weight excluding hydrogens is 304 g/mol. The molecule has 0 spiro atoms. The van der Waals surface area contributed by atoms with Gasteiger partial charge < -0.3 is 0 Å². The maximum Gasteiger partial charge on any atom is 0.0767 e. The average molecular weight is 327 g/mol. The van der Waals surface area contributed by atoms with Crippen molar-refractivity contribution in [2.75, 3.05) is 26.2 Å². The van der Waals surface area contributed by atoms with Crippen LogP contribution in [-0.2, 0) is 20.0 Å². The number of nitrogens with zero attached hydrogens (tertiary/aromatic N) is 4. The quantitative estimate of drug-likeness (QED) is 0.846. The second-order valence-electron chi connectivity index (χ2n) is 5.73. The van der Waals surface area contributed by atoms with Crippen LogP contribution >= 0.6 is 15.9 Å². The van der Waals surface area contributed by atoms with Crippen molar-refractivity contribution in [1.82, 2.24) is 19.6 Å². The lowest BCUT2D eigenvalue weighted by molar-refractivity contribution is 0.119. The van der Waals surface area contributed by atoms with Gasteiger partial charge in [-0.25, -0.2) is 0 Å². The number of aromatic nitrogens is 2. The summed E-state index contributed by atoms with van der Waals surface area (Å²) in [6.07, 6.45) is 3.84. The van der Waals surface area contributed by atoms with Gasteiger partial charge in [-0.2, -0.15) is 5.10 Å². The van der Waals surface area contributed by atoms with Crippen LogP contribution in [0, 0.1) is 0 Å². The number of hydrogen-bond acceptors (Lipinski definition) is 3. The Labute approximate surface area is 123 Å². The van der Waals surface area contributed by atoms with E-state index >= 15 is 0 Å². The second-order valence-corrected chi connectivity index (χ2v) is 6.52. The van der Waals surface area contributed by atoms with E-state index in [2.05, 4.69) is 44.8 Å². The second kappa shape index (κ2) is 5.54. The van der Waals surface area contributed by atoms with E-state index in [0.29, 0.717) is 0 Å². The Morgan fingerprint density at radius 2 is 1.89 bits per heavy atom. The standard InChI is InChI=1S/C14H23BrN4/c1-3-12-14(15)13(17(2)16-12)10-18-6-8-19(9-7-18)11-4-5-11/h11H,3-10H2,1-2H3. The number of piperazine rings is 1. The normalized spacial score (nSPS) is 22.1. The van der Waals surface area contributed by atoms with Crippen molar-refractivity contribution < 1.29 is 0 Å². The molecule has 1 saturated carbocycles. The van der Waals surface area contributed by atoms with Crippen LogP contribution in [0.15, 0.2) is 4.47 Å². The number of aryl methyl sites for hydroxylation is 2. The molecule has 19 heavy (non-hydrogen) atoms. The molecule has 3 rings (SSSR count). The Hall–Kier alpha value is -0.390. The molecule has 1 aliphatic carbocycles. The fourth-order valence-electron chi connectivity index (χ4n) is 2.93. The van der Waals surface area contributed by atoms with E-state index in [4.69, 9.17) is 0 Å². The monoisotopic (exact) mass is 326 g/mol. The predicted octanol–water partition coefficient (Wildman–Crippen LogP) is 2.02. The van der Waals surface area contributed by atoms with Gasteiger partial charge in [0.15, 0.2) is 0 Å². The Balaban J connectivity index is 1.61. The van der Waals surface area contributed by atoms with E-state index in [1.807, 2.05) is 4.68 Å². The number of rotatable bonds is 4. The van der Waals surface area contributed by atoms with Crippen LogP contribution in [0.25, 0.3) is 0 Å². The predicted molar refractivity (Wildman–Crippen MR) is 80.2 cm³/mol. The van der Waals surface area contributed by atoms with E-state index in [9.17, 15) is 0 Å². The molecule has 0 unspecified atom stereocenters. The van der Waals surface area contributed by atoms with Crippen LogP contribution in [0.4, 0.5) is 0 Å². The molecule has 0 aromatic carbocycles. The van der Waals surface area contributed by atoms with Crippen LogP contribution in [0.5, 0.6) is 0 Å². The number of halogens is 1. The van der Waals surface area contributed by atoms with E-state index in [1.54, 1.807) is 0 Å². The fourth-order valence-corrected chi connectivity index (χ4v) is 3.67. The summed E-state index contributed by atoms with van der Waals surface area (Å²) in [6.45, 7) is 8.03. The molecule has 0 N–H and O–H groups in total. The first kappa shape index (κ1) is 13.6. The highest BCUT2D eigenvalue weighted by Gasteiger charge is 2.31. The van der Waals surface area contributed by atoms with Gasteiger partial charge in [0.1, 0.15) is 0 Å². The molecule has 0 atom stereocenters. The molecule has 5 heteroatoms. The summed E-state index contributed by atoms with van der Waals surface area (Å²) in [6, 6.07) is 0.914. The molecule has 1 aromatic heterocycles. The highest BCUT2D eigenvalue weighted by Crippen LogP contribution is 2.28. The smallest absolute Gasteiger partial charge is 0.0767 e. The van der Waals surface area contributed by atoms with E-state index < -0.39 is 0 Å². The largest absolute Gasteiger partial charge is 0.298 e. The van der Waals surface area contributed by atoms with Crippen LogP contribution < -0.4 is 0 Å². The summed E-state index contributed by atoms with van der Waals surface area (Å²) >= 11 is 3.71. The summed E-state index contributed by atoms with van der Waals surface area (Å²) in [5.74, 6) is 0. The molecule has 106 valence electrons. The Bertz CT molecular complexity index is 445. The highest BCUT2D eigenvalue weighted by molar-refractivity contribution is 9.10. The zero-order valence-electron chi connectivity index (χ0n) is 11.9. The minimum Gasteiger partial charge on any atom is -0.298 e. The van der Waals surface area contributed by atoms with Gasteiger partial charge in [-0.05, 0) is 35.2 Å². The van der Waals surface area contributed by atoms with Crippen LogP contribution in [-0.4, -0.2) is 51.8 Å². The summed E-state index contributed by atoms with van der Waals surface area (Å²) in [5, 5.41) is 4.58. The Kier molecular flexibility index (Phi) is 3.96. The summed E-state index contributed by atoms with van der Waals surface area (Å²) < 4.78 is 3.25. The van der Waals surface area contributed by atoms with Gasteiger partial charge >= 0.3 is 0 Å². The number of hydrogen-bond donors (Lipinski definition) is 0. The van der Waals surface area contributed by atoms with Crippen molar-refractivity contribution in [2.45, 2.75) is 38.8 Å². The summed E-state index contributed by atoms with van der Waals surface area (Å²) in [7, 11) is 2.06. The third-order valence-corrected chi connectivity index (χ3v) is 5.26. The van der Waals surface area contributed by atoms with Gasteiger partial charge in [0.2, 0.25) is 0 Å². The van der Waals surface area contributed by atoms with Gasteiger partial charge in [0.25, 0.3) is 0 Å². The molecule has 0 bridgehead atoms. The molecule has 1 aromatic rings. The minimum atomic E-state index is 0.914. The lowest BCUT2D eigenvalue weighted by atomic mass is 10.2. The minimum absolute atomic E-state index is 0.914. The van der Waals surface area contributed by atoms with Gasteiger partial charge in [-0.15, -0.1) is 0 Å². The van der Waals surface area contributed by atoms with Gasteiger partial charge in [0, 0.05) is 45.8 Å². The lowest BCUT2D eigenvalue weighted by Gasteiger charge is -2.34. The molecule has 2 fully saturated rings. The first-order valence-electron chi connectivity index (χ1n) is 7.35. The van der Waals surface area contributed by atoms with Gasteiger partial charge in [-0.3, -0.25) is 14.5 Å². The van der Waals surface area contributed by atoms with Crippen molar-refractivity contribution in [3.05, 3.63) is 15.9 Å². The highest BCUT2D eigenvalue weighted by atomic mass is 79.9. The average Bonchev–Trinajstić information content (AvgIpc) is 3.22. The molecule has 4 nitrogen and oxygen atoms in total. The first-order chi connectivity index (χ1) is 9.19. The molecule has 2 heterocycles. The van der Waals surface area contributed by atoms with Crippen LogP contribution in [0.1, 0.15) is 31.2 Å². The maximum absolute atomic E-state index is 4.58. The maximum atomic E-state index is 4.58.